The minimum atomic E-state index is -0.349. The molecule has 1 aliphatic heterocycles. The molecule has 10 nitrogen and oxygen atoms in total. The van der Waals surface area contributed by atoms with Crippen molar-refractivity contribution in [3.05, 3.63) is 29.3 Å². The second-order valence-corrected chi connectivity index (χ2v) is 7.30. The van der Waals surface area contributed by atoms with Gasteiger partial charge in [0.15, 0.2) is 16.6 Å². The van der Waals surface area contributed by atoms with Crippen molar-refractivity contribution in [3.8, 4) is 11.5 Å². The van der Waals surface area contributed by atoms with Gasteiger partial charge in [0.25, 0.3) is 0 Å². The Hall–Kier alpha value is -3.34. The number of amides is 4. The van der Waals surface area contributed by atoms with Gasteiger partial charge in [-0.05, 0) is 12.1 Å². The van der Waals surface area contributed by atoms with E-state index in [-0.39, 0.29) is 30.8 Å². The zero-order chi connectivity index (χ0) is 21.7. The number of anilines is 2. The lowest BCUT2D eigenvalue weighted by atomic mass is 10.2. The monoisotopic (exact) mass is 433 g/mol. The molecule has 0 saturated carbocycles. The third-order valence-electron chi connectivity index (χ3n) is 4.53. The van der Waals surface area contributed by atoms with Crippen molar-refractivity contribution < 1.29 is 23.9 Å². The maximum absolute atomic E-state index is 12.7. The van der Waals surface area contributed by atoms with E-state index in [0.717, 1.165) is 0 Å². The van der Waals surface area contributed by atoms with Gasteiger partial charge in [-0.3, -0.25) is 14.5 Å². The Kier molecular flexibility index (Phi) is 6.72. The number of carbonyl (C=O) groups excluding carboxylic acids is 3. The molecule has 160 valence electrons. The van der Waals surface area contributed by atoms with E-state index in [0.29, 0.717) is 41.1 Å². The molecule has 0 unspecified atom stereocenters. The molecule has 1 aromatic carbocycles. The molecule has 1 fully saturated rings. The van der Waals surface area contributed by atoms with E-state index >= 15 is 0 Å². The average molecular weight is 433 g/mol. The van der Waals surface area contributed by atoms with Crippen LogP contribution in [0.5, 0.6) is 11.5 Å². The first-order valence-corrected chi connectivity index (χ1v) is 10.1. The van der Waals surface area contributed by atoms with E-state index in [9.17, 15) is 14.4 Å². The van der Waals surface area contributed by atoms with Gasteiger partial charge in [-0.1, -0.05) is 0 Å². The van der Waals surface area contributed by atoms with Crippen LogP contribution < -0.4 is 25.0 Å². The summed E-state index contributed by atoms with van der Waals surface area (Å²) < 4.78 is 10.5. The Labute approximate surface area is 177 Å². The van der Waals surface area contributed by atoms with Crippen molar-refractivity contribution in [2.75, 3.05) is 51.1 Å². The fourth-order valence-electron chi connectivity index (χ4n) is 2.99. The number of likely N-dealkylation sites (N-methyl/N-ethyl adjacent to an activating group) is 1. The van der Waals surface area contributed by atoms with Crippen LogP contribution in [0.2, 0.25) is 0 Å². The molecule has 11 heteroatoms. The summed E-state index contributed by atoms with van der Waals surface area (Å²) in [6.45, 7) is 0.780. The summed E-state index contributed by atoms with van der Waals surface area (Å²) in [4.78, 5) is 43.8. The molecular formula is C19H23N5O5S. The summed E-state index contributed by atoms with van der Waals surface area (Å²) in [5.74, 6) is 0.591. The van der Waals surface area contributed by atoms with E-state index < -0.39 is 0 Å². The zero-order valence-corrected chi connectivity index (χ0v) is 17.7. The summed E-state index contributed by atoms with van der Waals surface area (Å²) >= 11 is 1.23. The molecule has 0 bridgehead atoms. The van der Waals surface area contributed by atoms with Crippen molar-refractivity contribution >= 4 is 40.0 Å². The topological polar surface area (TPSA) is 113 Å². The molecule has 2 aromatic rings. The Bertz CT molecular complexity index is 947. The summed E-state index contributed by atoms with van der Waals surface area (Å²) in [6.07, 6.45) is 0.147. The number of carbonyl (C=O) groups is 3. The number of rotatable bonds is 8. The Morgan fingerprint density at radius 1 is 1.17 bits per heavy atom. The molecule has 1 aliphatic rings. The van der Waals surface area contributed by atoms with Crippen LogP contribution in [0.25, 0.3) is 0 Å². The van der Waals surface area contributed by atoms with Crippen LogP contribution in [0.1, 0.15) is 5.69 Å². The molecule has 1 aromatic heterocycles. The van der Waals surface area contributed by atoms with Crippen molar-refractivity contribution in [1.82, 2.24) is 15.2 Å². The molecule has 2 heterocycles. The average Bonchev–Trinajstić information content (AvgIpc) is 3.33. The molecule has 0 atom stereocenters. The van der Waals surface area contributed by atoms with Gasteiger partial charge in [0.05, 0.1) is 26.3 Å². The van der Waals surface area contributed by atoms with Crippen LogP contribution in [0, 0.1) is 0 Å². The highest BCUT2D eigenvalue weighted by atomic mass is 32.1. The molecule has 0 aliphatic carbocycles. The van der Waals surface area contributed by atoms with Crippen LogP contribution in [-0.2, 0) is 16.0 Å². The van der Waals surface area contributed by atoms with Crippen LogP contribution in [-0.4, -0.2) is 68.6 Å². The van der Waals surface area contributed by atoms with Crippen LogP contribution >= 0.6 is 11.3 Å². The Balaban J connectivity index is 1.59. The highest BCUT2D eigenvalue weighted by Crippen LogP contribution is 2.32. The summed E-state index contributed by atoms with van der Waals surface area (Å²) in [5.41, 5.74) is 1.24. The minimum absolute atomic E-state index is 0.0903. The summed E-state index contributed by atoms with van der Waals surface area (Å²) in [5, 5.41) is 7.30. The predicted octanol–water partition coefficient (Wildman–Crippen LogP) is 1.33. The standard InChI is InChI=1S/C19H23N5O5S/c1-20-16(25)8-12-11-30-18(21-12)22-17(26)10-23-6-7-24(19(23)27)13-4-5-14(28-2)15(9-13)29-3/h4-5,9,11H,6-8,10H2,1-3H3,(H,20,25)(H,21,22,26). The molecule has 0 radical (unpaired) electrons. The number of nitrogens with one attached hydrogen (secondary N) is 2. The lowest BCUT2D eigenvalue weighted by Crippen LogP contribution is -2.37. The largest absolute Gasteiger partial charge is 0.493 e. The number of aromatic nitrogens is 1. The van der Waals surface area contributed by atoms with Gasteiger partial charge >= 0.3 is 6.03 Å². The molecular weight excluding hydrogens is 410 g/mol. The van der Waals surface area contributed by atoms with Crippen molar-refractivity contribution in [2.45, 2.75) is 6.42 Å². The lowest BCUT2D eigenvalue weighted by molar-refractivity contribution is -0.120. The Morgan fingerprint density at radius 2 is 1.93 bits per heavy atom. The number of ether oxygens (including phenoxy) is 2. The molecule has 4 amide bonds. The quantitative estimate of drug-likeness (QED) is 0.649. The maximum atomic E-state index is 12.7. The molecule has 3 rings (SSSR count). The normalized spacial score (nSPS) is 13.4. The van der Waals surface area contributed by atoms with Crippen molar-refractivity contribution in [2.24, 2.45) is 0 Å². The van der Waals surface area contributed by atoms with Crippen LogP contribution in [0.15, 0.2) is 23.6 Å². The number of nitrogens with zero attached hydrogens (tertiary/aromatic N) is 3. The molecule has 2 N–H and O–H groups in total. The zero-order valence-electron chi connectivity index (χ0n) is 16.9. The van der Waals surface area contributed by atoms with E-state index in [1.807, 2.05) is 0 Å². The summed E-state index contributed by atoms with van der Waals surface area (Å²) in [7, 11) is 4.63. The second kappa shape index (κ2) is 9.44. The maximum Gasteiger partial charge on any atom is 0.325 e. The molecule has 30 heavy (non-hydrogen) atoms. The number of urea groups is 1. The highest BCUT2D eigenvalue weighted by molar-refractivity contribution is 7.13. The van der Waals surface area contributed by atoms with Crippen LogP contribution in [0.4, 0.5) is 15.6 Å². The number of benzene rings is 1. The van der Waals surface area contributed by atoms with E-state index in [1.165, 1.54) is 23.3 Å². The smallest absolute Gasteiger partial charge is 0.325 e. The number of methoxy groups -OCH3 is 2. The fraction of sp³-hybridized carbons (Fsp3) is 0.368. The number of thiazole rings is 1. The minimum Gasteiger partial charge on any atom is -0.493 e. The van der Waals surface area contributed by atoms with Crippen molar-refractivity contribution in [3.63, 3.8) is 0 Å². The first-order valence-electron chi connectivity index (χ1n) is 9.18. The SMILES string of the molecule is CNC(=O)Cc1csc(NC(=O)CN2CCN(c3ccc(OC)c(OC)c3)C2=O)n1. The van der Waals surface area contributed by atoms with Gasteiger partial charge in [-0.15, -0.1) is 11.3 Å². The molecule has 0 spiro atoms. The van der Waals surface area contributed by atoms with Gasteiger partial charge < -0.3 is 25.0 Å². The predicted molar refractivity (Wildman–Crippen MR) is 112 cm³/mol. The second-order valence-electron chi connectivity index (χ2n) is 6.44. The Morgan fingerprint density at radius 3 is 2.63 bits per heavy atom. The number of hydrogen-bond acceptors (Lipinski definition) is 7. The van der Waals surface area contributed by atoms with E-state index in [2.05, 4.69) is 15.6 Å². The third-order valence-corrected chi connectivity index (χ3v) is 5.33. The van der Waals surface area contributed by atoms with Gasteiger partial charge in [0, 0.05) is 37.3 Å². The van der Waals surface area contributed by atoms with Gasteiger partial charge in [0.2, 0.25) is 11.8 Å². The fourth-order valence-corrected chi connectivity index (χ4v) is 3.72. The van der Waals surface area contributed by atoms with Gasteiger partial charge in [-0.2, -0.15) is 0 Å². The van der Waals surface area contributed by atoms with E-state index in [4.69, 9.17) is 9.47 Å². The summed E-state index contributed by atoms with van der Waals surface area (Å²) in [6, 6.07) is 4.96. The first-order chi connectivity index (χ1) is 14.4. The molecule has 1 saturated heterocycles. The van der Waals surface area contributed by atoms with E-state index in [1.54, 1.807) is 42.6 Å². The van der Waals surface area contributed by atoms with Gasteiger partial charge in [-0.25, -0.2) is 9.78 Å². The highest BCUT2D eigenvalue weighted by Gasteiger charge is 2.31. The first kappa shape index (κ1) is 21.4. The third kappa shape index (κ3) is 4.79. The van der Waals surface area contributed by atoms with Crippen molar-refractivity contribution in [1.29, 1.82) is 0 Å². The number of hydrogen-bond donors (Lipinski definition) is 2. The van der Waals surface area contributed by atoms with Crippen LogP contribution in [0.3, 0.4) is 0 Å². The lowest BCUT2D eigenvalue weighted by Gasteiger charge is -2.19. The van der Waals surface area contributed by atoms with Gasteiger partial charge in [0.1, 0.15) is 6.54 Å².